The molecule has 0 aliphatic rings. The molecule has 0 amide bonds. The highest BCUT2D eigenvalue weighted by atomic mass is 16.2. The lowest BCUT2D eigenvalue weighted by Crippen LogP contribution is -2.33. The normalized spacial score (nSPS) is 12.8. The monoisotopic (exact) mass is 250 g/mol. The van der Waals surface area contributed by atoms with E-state index in [9.17, 15) is 14.4 Å². The van der Waals surface area contributed by atoms with Gasteiger partial charge in [-0.1, -0.05) is 6.92 Å². The number of Topliss-reactive ketones (excluding diaryl/α,β-unsaturated/α-hetero) is 1. The van der Waals surface area contributed by atoms with E-state index in [4.69, 9.17) is 0 Å². The summed E-state index contributed by atoms with van der Waals surface area (Å²) in [5, 5.41) is 0. The second kappa shape index (κ2) is 4.25. The van der Waals surface area contributed by atoms with Gasteiger partial charge in [-0.2, -0.15) is 0 Å². The molecular weight excluding hydrogens is 236 g/mol. The molecule has 2 aromatic rings. The fourth-order valence-electron chi connectivity index (χ4n) is 1.84. The van der Waals surface area contributed by atoms with Crippen LogP contribution in [0.15, 0.2) is 15.9 Å². The number of ketones is 1. The Morgan fingerprint density at radius 1 is 1.50 bits per heavy atom. The van der Waals surface area contributed by atoms with Gasteiger partial charge in [0.05, 0.1) is 12.4 Å². The van der Waals surface area contributed by atoms with Crippen LogP contribution < -0.4 is 11.2 Å². The van der Waals surface area contributed by atoms with Gasteiger partial charge in [0.1, 0.15) is 0 Å². The number of nitrogens with zero attached hydrogens (tertiary/aromatic N) is 3. The zero-order chi connectivity index (χ0) is 13.4. The van der Waals surface area contributed by atoms with E-state index in [-0.39, 0.29) is 16.9 Å². The summed E-state index contributed by atoms with van der Waals surface area (Å²) in [5.74, 6) is 0.00236. The summed E-state index contributed by atoms with van der Waals surface area (Å²) in [6, 6.07) is -0.474. The molecule has 1 atom stereocenters. The van der Waals surface area contributed by atoms with Crippen LogP contribution in [0.1, 0.15) is 26.3 Å². The molecule has 2 rings (SSSR count). The van der Waals surface area contributed by atoms with Crippen molar-refractivity contribution in [3.8, 4) is 0 Å². The lowest BCUT2D eigenvalue weighted by Gasteiger charge is -2.11. The van der Waals surface area contributed by atoms with Crippen LogP contribution in [0, 0.1) is 0 Å². The summed E-state index contributed by atoms with van der Waals surface area (Å²) in [4.78, 5) is 41.6. The largest absolute Gasteiger partial charge is 0.329 e. The Bertz CT molecular complexity index is 722. The maximum atomic E-state index is 12.0. The quantitative estimate of drug-likeness (QED) is 0.827. The van der Waals surface area contributed by atoms with E-state index in [1.54, 1.807) is 13.8 Å². The van der Waals surface area contributed by atoms with Crippen molar-refractivity contribution in [2.45, 2.75) is 26.3 Å². The van der Waals surface area contributed by atoms with Crippen molar-refractivity contribution in [2.24, 2.45) is 7.05 Å². The molecule has 18 heavy (non-hydrogen) atoms. The number of imidazole rings is 1. The first-order valence-corrected chi connectivity index (χ1v) is 5.66. The van der Waals surface area contributed by atoms with Crippen molar-refractivity contribution in [3.63, 3.8) is 0 Å². The third-order valence-corrected chi connectivity index (χ3v) is 3.06. The molecule has 0 fully saturated rings. The molecule has 2 aromatic heterocycles. The Kier molecular flexibility index (Phi) is 2.90. The van der Waals surface area contributed by atoms with Crippen LogP contribution in [0.25, 0.3) is 11.2 Å². The molecule has 0 aromatic carbocycles. The highest BCUT2D eigenvalue weighted by molar-refractivity contribution is 5.84. The Labute approximate surface area is 102 Å². The predicted octanol–water partition coefficient (Wildman–Crippen LogP) is -0.0366. The van der Waals surface area contributed by atoms with Crippen molar-refractivity contribution in [2.75, 3.05) is 0 Å². The molecule has 0 aliphatic carbocycles. The number of nitrogens with one attached hydrogen (secondary N) is 1. The maximum absolute atomic E-state index is 12.0. The molecule has 1 unspecified atom stereocenters. The SMILES string of the molecule is CCC(=O)C(C)n1cnc2[nH]c(=O)n(C)c(=O)c21. The van der Waals surface area contributed by atoms with Crippen LogP contribution in [0.3, 0.4) is 0 Å². The summed E-state index contributed by atoms with van der Waals surface area (Å²) in [6.07, 6.45) is 1.78. The number of H-pyrrole nitrogens is 1. The van der Waals surface area contributed by atoms with Crippen molar-refractivity contribution >= 4 is 16.9 Å². The molecule has 0 saturated carbocycles. The lowest BCUT2D eigenvalue weighted by atomic mass is 10.1. The van der Waals surface area contributed by atoms with Gasteiger partial charge in [-0.05, 0) is 6.92 Å². The molecule has 2 heterocycles. The molecule has 96 valence electrons. The Balaban J connectivity index is 2.76. The average Bonchev–Trinajstić information content (AvgIpc) is 2.77. The van der Waals surface area contributed by atoms with Crippen molar-refractivity contribution < 1.29 is 4.79 Å². The topological polar surface area (TPSA) is 89.8 Å². The number of aromatic nitrogens is 4. The van der Waals surface area contributed by atoms with Gasteiger partial charge in [-0.25, -0.2) is 9.78 Å². The fourth-order valence-corrected chi connectivity index (χ4v) is 1.84. The van der Waals surface area contributed by atoms with Gasteiger partial charge in [-0.15, -0.1) is 0 Å². The van der Waals surface area contributed by atoms with Gasteiger partial charge in [-0.3, -0.25) is 19.1 Å². The highest BCUT2D eigenvalue weighted by Gasteiger charge is 2.18. The van der Waals surface area contributed by atoms with E-state index >= 15 is 0 Å². The zero-order valence-electron chi connectivity index (χ0n) is 10.4. The third kappa shape index (κ3) is 1.68. The minimum absolute atomic E-state index is 0.00236. The number of fused-ring (bicyclic) bond motifs is 1. The number of carbonyl (C=O) groups excluding carboxylic acids is 1. The van der Waals surface area contributed by atoms with E-state index in [1.807, 2.05) is 0 Å². The minimum atomic E-state index is -0.521. The molecular formula is C11H14N4O3. The van der Waals surface area contributed by atoms with E-state index < -0.39 is 17.3 Å². The summed E-state index contributed by atoms with van der Waals surface area (Å²) < 4.78 is 2.46. The number of rotatable bonds is 3. The summed E-state index contributed by atoms with van der Waals surface area (Å²) in [5.41, 5.74) is -0.528. The Morgan fingerprint density at radius 3 is 2.78 bits per heavy atom. The van der Waals surface area contributed by atoms with Gasteiger partial charge in [0.15, 0.2) is 16.9 Å². The third-order valence-electron chi connectivity index (χ3n) is 3.06. The molecule has 0 aliphatic heterocycles. The van der Waals surface area contributed by atoms with Crippen LogP contribution >= 0.6 is 0 Å². The average molecular weight is 250 g/mol. The van der Waals surface area contributed by atoms with Gasteiger partial charge in [0.25, 0.3) is 5.56 Å². The molecule has 7 nitrogen and oxygen atoms in total. The van der Waals surface area contributed by atoms with E-state index in [0.717, 1.165) is 4.57 Å². The first-order valence-electron chi connectivity index (χ1n) is 5.66. The van der Waals surface area contributed by atoms with Gasteiger partial charge in [0, 0.05) is 13.5 Å². The maximum Gasteiger partial charge on any atom is 0.329 e. The summed E-state index contributed by atoms with van der Waals surface area (Å²) in [6.45, 7) is 3.47. The predicted molar refractivity (Wildman–Crippen MR) is 65.6 cm³/mol. The summed E-state index contributed by atoms with van der Waals surface area (Å²) in [7, 11) is 1.38. The van der Waals surface area contributed by atoms with Crippen LogP contribution in [0.5, 0.6) is 0 Å². The van der Waals surface area contributed by atoms with Crippen molar-refractivity contribution in [1.82, 2.24) is 19.1 Å². The molecule has 7 heteroatoms. The van der Waals surface area contributed by atoms with E-state index in [0.29, 0.717) is 6.42 Å². The minimum Gasteiger partial charge on any atom is -0.314 e. The van der Waals surface area contributed by atoms with E-state index in [2.05, 4.69) is 9.97 Å². The first kappa shape index (κ1) is 12.3. The van der Waals surface area contributed by atoms with Gasteiger partial charge in [0.2, 0.25) is 0 Å². The number of carbonyl (C=O) groups is 1. The first-order chi connectivity index (χ1) is 8.47. The van der Waals surface area contributed by atoms with Crippen molar-refractivity contribution in [3.05, 3.63) is 27.2 Å². The summed E-state index contributed by atoms with van der Waals surface area (Å²) >= 11 is 0. The van der Waals surface area contributed by atoms with Crippen LogP contribution in [0.4, 0.5) is 0 Å². The van der Waals surface area contributed by atoms with Gasteiger partial charge < -0.3 is 4.57 Å². The molecule has 0 radical (unpaired) electrons. The molecule has 1 N–H and O–H groups in total. The van der Waals surface area contributed by atoms with Crippen LogP contribution in [-0.4, -0.2) is 24.9 Å². The Morgan fingerprint density at radius 2 is 2.17 bits per heavy atom. The molecule has 0 bridgehead atoms. The molecule has 0 saturated heterocycles. The van der Waals surface area contributed by atoms with E-state index in [1.165, 1.54) is 17.9 Å². The number of hydrogen-bond acceptors (Lipinski definition) is 4. The van der Waals surface area contributed by atoms with Gasteiger partial charge >= 0.3 is 5.69 Å². The lowest BCUT2D eigenvalue weighted by molar-refractivity contribution is -0.121. The van der Waals surface area contributed by atoms with Crippen molar-refractivity contribution in [1.29, 1.82) is 0 Å². The number of aromatic amines is 1. The highest BCUT2D eigenvalue weighted by Crippen LogP contribution is 2.13. The Hall–Kier alpha value is -2.18. The molecule has 0 spiro atoms. The smallest absolute Gasteiger partial charge is 0.314 e. The number of hydrogen-bond donors (Lipinski definition) is 1. The standard InChI is InChI=1S/C11H14N4O3/c1-4-7(16)6(2)15-5-12-9-8(15)10(17)14(3)11(18)13-9/h5-6H,4H2,1-3H3,(H,13,18). The second-order valence-electron chi connectivity index (χ2n) is 4.14. The van der Waals surface area contributed by atoms with Crippen LogP contribution in [0.2, 0.25) is 0 Å². The fraction of sp³-hybridized carbons (Fsp3) is 0.455. The second-order valence-corrected chi connectivity index (χ2v) is 4.14. The zero-order valence-corrected chi connectivity index (χ0v) is 10.4. The van der Waals surface area contributed by atoms with Crippen LogP contribution in [-0.2, 0) is 11.8 Å².